The number of benzene rings is 2. The van der Waals surface area contributed by atoms with Crippen molar-refractivity contribution in [3.05, 3.63) is 65.7 Å². The van der Waals surface area contributed by atoms with Crippen molar-refractivity contribution in [1.82, 2.24) is 0 Å². The normalized spacial score (nSPS) is 13.3. The highest BCUT2D eigenvalue weighted by molar-refractivity contribution is 7.59. The van der Waals surface area contributed by atoms with Crippen molar-refractivity contribution in [1.29, 1.82) is 0 Å². The van der Waals surface area contributed by atoms with E-state index in [-0.39, 0.29) is 25.0 Å². The lowest BCUT2D eigenvalue weighted by Gasteiger charge is -2.24. The van der Waals surface area contributed by atoms with Gasteiger partial charge < -0.3 is 10.4 Å². The fourth-order valence-electron chi connectivity index (χ4n) is 1.84. The first-order chi connectivity index (χ1) is 11.1. The molecular formula is C17H16F3NO3S. The molecule has 0 bridgehead atoms. The summed E-state index contributed by atoms with van der Waals surface area (Å²) in [5.74, 6) is -1.85. The highest BCUT2D eigenvalue weighted by atomic mass is 32.1. The summed E-state index contributed by atoms with van der Waals surface area (Å²) in [4.78, 5) is 23.8. The lowest BCUT2D eigenvalue weighted by Crippen LogP contribution is -2.52. The number of ketones is 1. The number of carbonyl (C=O) groups excluding carboxylic acids is 2. The van der Waals surface area contributed by atoms with Gasteiger partial charge in [-0.05, 0) is 31.2 Å². The largest absolute Gasteiger partial charge is 0.426 e. The van der Waals surface area contributed by atoms with Crippen LogP contribution in [0.1, 0.15) is 22.8 Å². The summed E-state index contributed by atoms with van der Waals surface area (Å²) in [6.45, 7) is 0.371. The van der Waals surface area contributed by atoms with Gasteiger partial charge >= 0.3 is 6.18 Å². The van der Waals surface area contributed by atoms with Crippen LogP contribution in [0.15, 0.2) is 54.6 Å². The van der Waals surface area contributed by atoms with Crippen LogP contribution in [0.2, 0.25) is 0 Å². The van der Waals surface area contributed by atoms with E-state index in [4.69, 9.17) is 0 Å². The van der Waals surface area contributed by atoms with Crippen LogP contribution < -0.4 is 5.32 Å². The number of aliphatic hydroxyl groups is 1. The van der Waals surface area contributed by atoms with Gasteiger partial charge in [-0.25, -0.2) is 0 Å². The first-order valence-corrected chi connectivity index (χ1v) is 6.93. The smallest absolute Gasteiger partial charge is 0.373 e. The standard InChI is InChI=1S/C17H14F3NO3.H2S/c1-16(24,17(18,19)20)15(23)21-13-9-7-12(8-10-13)14(22)11-5-3-2-4-6-11;/h2-10,24H,1H3,(H,21,23);1H2/t16-;/m0./s1. The minimum absolute atomic E-state index is 0. The van der Waals surface area contributed by atoms with Crippen LogP contribution in [0.4, 0.5) is 18.9 Å². The SMILES string of the molecule is C[C@](O)(C(=O)Nc1ccc(C(=O)c2ccccc2)cc1)C(F)(F)F.S. The maximum absolute atomic E-state index is 12.6. The van der Waals surface area contributed by atoms with Gasteiger partial charge in [-0.3, -0.25) is 9.59 Å². The van der Waals surface area contributed by atoms with Gasteiger partial charge in [0.15, 0.2) is 5.78 Å². The summed E-state index contributed by atoms with van der Waals surface area (Å²) in [6.07, 6.45) is -5.10. The third-order valence-corrected chi connectivity index (χ3v) is 3.44. The number of hydrogen-bond donors (Lipinski definition) is 2. The van der Waals surface area contributed by atoms with Crippen LogP contribution in [0.25, 0.3) is 0 Å². The fourth-order valence-corrected chi connectivity index (χ4v) is 1.84. The van der Waals surface area contributed by atoms with Crippen LogP contribution in [0.3, 0.4) is 0 Å². The van der Waals surface area contributed by atoms with Crippen molar-refractivity contribution in [3.63, 3.8) is 0 Å². The molecule has 0 heterocycles. The quantitative estimate of drug-likeness (QED) is 0.811. The Morgan fingerprint density at radius 3 is 1.88 bits per heavy atom. The third kappa shape index (κ3) is 4.61. The van der Waals surface area contributed by atoms with Crippen LogP contribution in [-0.2, 0) is 4.79 Å². The number of amides is 1. The van der Waals surface area contributed by atoms with Crippen LogP contribution in [-0.4, -0.2) is 28.6 Å². The van der Waals surface area contributed by atoms with E-state index in [0.717, 1.165) is 0 Å². The van der Waals surface area contributed by atoms with Gasteiger partial charge in [0.1, 0.15) is 0 Å². The zero-order valence-corrected chi connectivity index (χ0v) is 14.1. The molecule has 0 aliphatic heterocycles. The highest BCUT2D eigenvalue weighted by Crippen LogP contribution is 2.31. The number of anilines is 1. The predicted octanol–water partition coefficient (Wildman–Crippen LogP) is 3.28. The highest BCUT2D eigenvalue weighted by Gasteiger charge is 2.55. The average Bonchev–Trinajstić information content (AvgIpc) is 2.54. The average molecular weight is 371 g/mol. The van der Waals surface area contributed by atoms with E-state index in [1.54, 1.807) is 30.3 Å². The number of alkyl halides is 3. The molecule has 0 aliphatic carbocycles. The summed E-state index contributed by atoms with van der Waals surface area (Å²) in [6, 6.07) is 13.8. The second kappa shape index (κ2) is 7.71. The van der Waals surface area contributed by atoms with Crippen LogP contribution >= 0.6 is 13.5 Å². The van der Waals surface area contributed by atoms with Crippen molar-refractivity contribution in [2.24, 2.45) is 0 Å². The van der Waals surface area contributed by atoms with Gasteiger partial charge in [0.2, 0.25) is 5.60 Å². The molecule has 2 rings (SSSR count). The lowest BCUT2D eigenvalue weighted by molar-refractivity contribution is -0.242. The first kappa shape index (κ1) is 20.7. The van der Waals surface area contributed by atoms with Gasteiger partial charge in [0, 0.05) is 16.8 Å². The molecule has 1 atom stereocenters. The molecule has 0 spiro atoms. The predicted molar refractivity (Wildman–Crippen MR) is 92.0 cm³/mol. The molecule has 0 unspecified atom stereocenters. The van der Waals surface area contributed by atoms with E-state index < -0.39 is 17.7 Å². The van der Waals surface area contributed by atoms with E-state index >= 15 is 0 Å². The Kier molecular flexibility index (Phi) is 6.39. The molecule has 2 aromatic rings. The summed E-state index contributed by atoms with van der Waals surface area (Å²) >= 11 is 0. The molecule has 25 heavy (non-hydrogen) atoms. The summed E-state index contributed by atoms with van der Waals surface area (Å²) in [5.41, 5.74) is -2.68. The van der Waals surface area contributed by atoms with E-state index in [9.17, 15) is 27.9 Å². The third-order valence-electron chi connectivity index (χ3n) is 3.44. The molecule has 0 saturated heterocycles. The molecule has 0 aromatic heterocycles. The van der Waals surface area contributed by atoms with Crippen molar-refractivity contribution < 1.29 is 27.9 Å². The van der Waals surface area contributed by atoms with Gasteiger partial charge in [-0.2, -0.15) is 26.7 Å². The van der Waals surface area contributed by atoms with Crippen molar-refractivity contribution >= 4 is 30.9 Å². The number of rotatable bonds is 4. The molecule has 0 aliphatic rings. The monoisotopic (exact) mass is 371 g/mol. The molecule has 0 radical (unpaired) electrons. The van der Waals surface area contributed by atoms with Crippen LogP contribution in [0.5, 0.6) is 0 Å². The molecular weight excluding hydrogens is 355 g/mol. The van der Waals surface area contributed by atoms with E-state index in [1.165, 1.54) is 24.3 Å². The molecule has 134 valence electrons. The molecule has 1 amide bonds. The maximum atomic E-state index is 12.6. The van der Waals surface area contributed by atoms with Crippen molar-refractivity contribution in [2.75, 3.05) is 5.32 Å². The fraction of sp³-hybridized carbons (Fsp3) is 0.176. The van der Waals surface area contributed by atoms with Gasteiger partial charge in [0.05, 0.1) is 0 Å². The Morgan fingerprint density at radius 2 is 1.40 bits per heavy atom. The zero-order chi connectivity index (χ0) is 18.0. The Balaban J connectivity index is 0.00000312. The Hall–Kier alpha value is -2.32. The van der Waals surface area contributed by atoms with Crippen molar-refractivity contribution in [2.45, 2.75) is 18.7 Å². The molecule has 4 nitrogen and oxygen atoms in total. The minimum Gasteiger partial charge on any atom is -0.373 e. The van der Waals surface area contributed by atoms with Gasteiger partial charge in [-0.1, -0.05) is 30.3 Å². The summed E-state index contributed by atoms with van der Waals surface area (Å²) in [7, 11) is 0. The van der Waals surface area contributed by atoms with Gasteiger partial charge in [-0.15, -0.1) is 0 Å². The maximum Gasteiger partial charge on any atom is 0.426 e. The van der Waals surface area contributed by atoms with Gasteiger partial charge in [0.25, 0.3) is 5.91 Å². The summed E-state index contributed by atoms with van der Waals surface area (Å²) in [5, 5.41) is 11.3. The Bertz CT molecular complexity index is 744. The minimum atomic E-state index is -5.10. The molecule has 8 heteroatoms. The topological polar surface area (TPSA) is 66.4 Å². The number of nitrogens with one attached hydrogen (secondary N) is 1. The van der Waals surface area contributed by atoms with Crippen molar-refractivity contribution in [3.8, 4) is 0 Å². The van der Waals surface area contributed by atoms with E-state index in [1.807, 2.05) is 5.32 Å². The number of halogens is 3. The second-order valence-electron chi connectivity index (χ2n) is 5.30. The number of hydrogen-bond acceptors (Lipinski definition) is 3. The Morgan fingerprint density at radius 1 is 0.920 bits per heavy atom. The molecule has 2 N–H and O–H groups in total. The summed E-state index contributed by atoms with van der Waals surface area (Å²) < 4.78 is 37.8. The zero-order valence-electron chi connectivity index (χ0n) is 13.1. The van der Waals surface area contributed by atoms with E-state index in [2.05, 4.69) is 0 Å². The lowest BCUT2D eigenvalue weighted by atomic mass is 10.0. The Labute approximate surface area is 149 Å². The number of carbonyl (C=O) groups is 2. The molecule has 0 fully saturated rings. The molecule has 2 aromatic carbocycles. The second-order valence-corrected chi connectivity index (χ2v) is 5.30. The van der Waals surface area contributed by atoms with Crippen LogP contribution in [0, 0.1) is 0 Å². The first-order valence-electron chi connectivity index (χ1n) is 6.93. The van der Waals surface area contributed by atoms with E-state index in [0.29, 0.717) is 18.1 Å². The molecule has 0 saturated carbocycles.